The van der Waals surface area contributed by atoms with Crippen LogP contribution in [0.3, 0.4) is 0 Å². The molecule has 0 radical (unpaired) electrons. The maximum absolute atomic E-state index is 5.66. The van der Waals surface area contributed by atoms with Crippen LogP contribution in [0.1, 0.15) is 18.3 Å². The van der Waals surface area contributed by atoms with E-state index in [4.69, 9.17) is 4.74 Å². The molecule has 0 bridgehead atoms. The first kappa shape index (κ1) is 20.9. The van der Waals surface area contributed by atoms with Crippen LogP contribution in [-0.2, 0) is 20.1 Å². The average Bonchev–Trinajstić information content (AvgIpc) is 3.01. The molecule has 8 heteroatoms. The lowest BCUT2D eigenvalue weighted by atomic mass is 10.2. The molecule has 136 valence electrons. The first-order chi connectivity index (χ1) is 11.7. The number of aryl methyl sites for hydroxylation is 1. The van der Waals surface area contributed by atoms with Gasteiger partial charge >= 0.3 is 0 Å². The maximum Gasteiger partial charge on any atom is 0.191 e. The monoisotopic (exact) mass is 456 g/mol. The summed E-state index contributed by atoms with van der Waals surface area (Å²) < 4.78 is 7.53. The number of rotatable bonds is 8. The first-order valence-electron chi connectivity index (χ1n) is 7.91. The minimum Gasteiger partial charge on any atom is -0.489 e. The zero-order valence-electron chi connectivity index (χ0n) is 14.6. The molecular formula is C17H25IN6O. The smallest absolute Gasteiger partial charge is 0.191 e. The topological polar surface area (TPSA) is 76.4 Å². The molecule has 0 saturated heterocycles. The van der Waals surface area contributed by atoms with Crippen LogP contribution in [0.15, 0.2) is 48.2 Å². The summed E-state index contributed by atoms with van der Waals surface area (Å²) in [4.78, 5) is 4.61. The summed E-state index contributed by atoms with van der Waals surface area (Å²) in [5, 5.41) is 14.4. The zero-order valence-corrected chi connectivity index (χ0v) is 16.9. The van der Waals surface area contributed by atoms with Gasteiger partial charge in [0.25, 0.3) is 0 Å². The first-order valence-corrected chi connectivity index (χ1v) is 7.91. The molecule has 2 rings (SSSR count). The van der Waals surface area contributed by atoms with Crippen LogP contribution in [0.5, 0.6) is 5.75 Å². The summed E-state index contributed by atoms with van der Waals surface area (Å²) in [6.07, 6.45) is 3.40. The molecule has 0 aliphatic heterocycles. The maximum atomic E-state index is 5.66. The number of halogens is 1. The Morgan fingerprint density at radius 2 is 2.16 bits per heavy atom. The molecule has 25 heavy (non-hydrogen) atoms. The Kier molecular flexibility index (Phi) is 9.60. The van der Waals surface area contributed by atoms with Crippen molar-refractivity contribution in [1.82, 2.24) is 25.4 Å². The lowest BCUT2D eigenvalue weighted by Crippen LogP contribution is -2.37. The lowest BCUT2D eigenvalue weighted by molar-refractivity contribution is 0.359. The largest absolute Gasteiger partial charge is 0.489 e. The van der Waals surface area contributed by atoms with E-state index < -0.39 is 0 Å². The van der Waals surface area contributed by atoms with Gasteiger partial charge in [-0.25, -0.2) is 4.99 Å². The highest BCUT2D eigenvalue weighted by molar-refractivity contribution is 14.0. The molecule has 1 aromatic heterocycles. The van der Waals surface area contributed by atoms with Crippen molar-refractivity contribution in [3.8, 4) is 5.75 Å². The van der Waals surface area contributed by atoms with Crippen molar-refractivity contribution >= 4 is 29.9 Å². The average molecular weight is 456 g/mol. The molecule has 1 heterocycles. The van der Waals surface area contributed by atoms with E-state index in [1.165, 1.54) is 0 Å². The Morgan fingerprint density at radius 3 is 2.84 bits per heavy atom. The zero-order chi connectivity index (χ0) is 17.2. The second-order valence-electron chi connectivity index (χ2n) is 5.11. The molecule has 1 aromatic carbocycles. The van der Waals surface area contributed by atoms with Crippen molar-refractivity contribution in [3.05, 3.63) is 54.6 Å². The number of hydrogen-bond acceptors (Lipinski definition) is 4. The predicted octanol–water partition coefficient (Wildman–Crippen LogP) is 2.25. The number of guanidine groups is 1. The Labute approximate surface area is 165 Å². The van der Waals surface area contributed by atoms with Crippen molar-refractivity contribution in [1.29, 1.82) is 0 Å². The van der Waals surface area contributed by atoms with E-state index in [0.717, 1.165) is 29.6 Å². The third kappa shape index (κ3) is 6.73. The highest BCUT2D eigenvalue weighted by Crippen LogP contribution is 2.18. The number of benzene rings is 1. The van der Waals surface area contributed by atoms with Gasteiger partial charge in [0.2, 0.25) is 0 Å². The molecule has 0 atom stereocenters. The second kappa shape index (κ2) is 11.5. The van der Waals surface area contributed by atoms with Crippen LogP contribution in [-0.4, -0.2) is 33.9 Å². The molecule has 0 aliphatic rings. The molecule has 0 aliphatic carbocycles. The number of aromatic nitrogens is 3. The summed E-state index contributed by atoms with van der Waals surface area (Å²) in [6.45, 7) is 8.02. The highest BCUT2D eigenvalue weighted by atomic mass is 127. The minimum absolute atomic E-state index is 0. The van der Waals surface area contributed by atoms with Gasteiger partial charge in [-0.2, -0.15) is 0 Å². The molecule has 7 nitrogen and oxygen atoms in total. The summed E-state index contributed by atoms with van der Waals surface area (Å²) in [5.74, 6) is 2.39. The van der Waals surface area contributed by atoms with Gasteiger partial charge in [0.15, 0.2) is 11.8 Å². The second-order valence-corrected chi connectivity index (χ2v) is 5.11. The van der Waals surface area contributed by atoms with Crippen LogP contribution in [0.2, 0.25) is 0 Å². The molecule has 2 N–H and O–H groups in total. The normalized spacial score (nSPS) is 10.7. The molecule has 0 spiro atoms. The SMILES string of the molecule is C=CCOc1ccccc1CN=C(NCC)NCc1nncn1C.I. The molecule has 2 aromatic rings. The van der Waals surface area contributed by atoms with Gasteiger partial charge in [-0.1, -0.05) is 30.9 Å². The van der Waals surface area contributed by atoms with Crippen molar-refractivity contribution < 1.29 is 4.74 Å². The van der Waals surface area contributed by atoms with Crippen molar-refractivity contribution in [3.63, 3.8) is 0 Å². The van der Waals surface area contributed by atoms with E-state index in [2.05, 4.69) is 32.4 Å². The van der Waals surface area contributed by atoms with E-state index in [1.807, 2.05) is 42.8 Å². The molecule has 0 saturated carbocycles. The van der Waals surface area contributed by atoms with E-state index >= 15 is 0 Å². The number of hydrogen-bond donors (Lipinski definition) is 2. The summed E-state index contributed by atoms with van der Waals surface area (Å²) in [6, 6.07) is 7.87. The molecule has 0 amide bonds. The van der Waals surface area contributed by atoms with Gasteiger partial charge in [0.1, 0.15) is 18.7 Å². The molecule has 0 fully saturated rings. The number of ether oxygens (including phenoxy) is 1. The van der Waals surface area contributed by atoms with Gasteiger partial charge in [0.05, 0.1) is 13.1 Å². The van der Waals surface area contributed by atoms with Gasteiger partial charge < -0.3 is 19.9 Å². The van der Waals surface area contributed by atoms with Crippen molar-refractivity contribution in [2.24, 2.45) is 12.0 Å². The van der Waals surface area contributed by atoms with Crippen LogP contribution >= 0.6 is 24.0 Å². The van der Waals surface area contributed by atoms with E-state index in [1.54, 1.807) is 12.4 Å². The van der Waals surface area contributed by atoms with Crippen LogP contribution in [0.4, 0.5) is 0 Å². The summed E-state index contributed by atoms with van der Waals surface area (Å²) >= 11 is 0. The standard InChI is InChI=1S/C17H24N6O.HI/c1-4-10-24-15-9-7-6-8-14(15)11-19-17(18-5-2)20-12-16-22-21-13-23(16)3;/h4,6-9,13H,1,5,10-12H2,2-3H3,(H2,18,19,20);1H. The summed E-state index contributed by atoms with van der Waals surface area (Å²) in [7, 11) is 1.91. The molecule has 0 unspecified atom stereocenters. The van der Waals surface area contributed by atoms with Crippen LogP contribution < -0.4 is 15.4 Å². The van der Waals surface area contributed by atoms with E-state index in [-0.39, 0.29) is 24.0 Å². The number of nitrogens with zero attached hydrogens (tertiary/aromatic N) is 4. The number of aliphatic imine (C=N–C) groups is 1. The predicted molar refractivity (Wildman–Crippen MR) is 110 cm³/mol. The van der Waals surface area contributed by atoms with E-state index in [0.29, 0.717) is 19.7 Å². The Hall–Kier alpha value is -2.10. The van der Waals surface area contributed by atoms with Gasteiger partial charge in [-0.05, 0) is 13.0 Å². The fraction of sp³-hybridized carbons (Fsp3) is 0.353. The third-order valence-electron chi connectivity index (χ3n) is 3.30. The minimum atomic E-state index is 0. The van der Waals surface area contributed by atoms with Crippen LogP contribution in [0.25, 0.3) is 0 Å². The van der Waals surface area contributed by atoms with Crippen molar-refractivity contribution in [2.75, 3.05) is 13.2 Å². The quantitative estimate of drug-likeness (QED) is 0.276. The summed E-state index contributed by atoms with van der Waals surface area (Å²) in [5.41, 5.74) is 1.02. The number of nitrogens with one attached hydrogen (secondary N) is 2. The van der Waals surface area contributed by atoms with Gasteiger partial charge in [-0.3, -0.25) is 0 Å². The fourth-order valence-electron chi connectivity index (χ4n) is 2.06. The third-order valence-corrected chi connectivity index (χ3v) is 3.30. The Morgan fingerprint density at radius 1 is 1.36 bits per heavy atom. The van der Waals surface area contributed by atoms with Crippen molar-refractivity contribution in [2.45, 2.75) is 20.0 Å². The fourth-order valence-corrected chi connectivity index (χ4v) is 2.06. The van der Waals surface area contributed by atoms with Crippen LogP contribution in [0, 0.1) is 0 Å². The highest BCUT2D eigenvalue weighted by Gasteiger charge is 2.05. The van der Waals surface area contributed by atoms with E-state index in [9.17, 15) is 0 Å². The van der Waals surface area contributed by atoms with Gasteiger partial charge in [0, 0.05) is 19.2 Å². The Balaban J connectivity index is 0.00000312. The van der Waals surface area contributed by atoms with Gasteiger partial charge in [-0.15, -0.1) is 34.2 Å². The lowest BCUT2D eigenvalue weighted by Gasteiger charge is -2.12. The Bertz CT molecular complexity index is 685. The molecular weight excluding hydrogens is 431 g/mol. The number of para-hydroxylation sites is 1.